The number of pyridine rings is 1. The van der Waals surface area contributed by atoms with E-state index in [9.17, 15) is 14.4 Å². The molecule has 0 saturated carbocycles. The van der Waals surface area contributed by atoms with Gasteiger partial charge in [-0.15, -0.1) is 0 Å². The number of hydrogen-bond acceptors (Lipinski definition) is 5. The van der Waals surface area contributed by atoms with Crippen LogP contribution < -0.4 is 10.9 Å². The Kier molecular flexibility index (Phi) is 4.91. The predicted molar refractivity (Wildman–Crippen MR) is 62.3 cm³/mol. The number of rotatable bonds is 5. The summed E-state index contributed by atoms with van der Waals surface area (Å²) in [5, 5.41) is 11.6. The second kappa shape index (κ2) is 6.43. The zero-order valence-corrected chi connectivity index (χ0v) is 9.86. The molecule has 0 aromatic carbocycles. The van der Waals surface area contributed by atoms with Crippen molar-refractivity contribution in [2.24, 2.45) is 0 Å². The van der Waals surface area contributed by atoms with Gasteiger partial charge < -0.3 is 15.2 Å². The molecule has 0 aliphatic carbocycles. The molecule has 1 aromatic rings. The maximum Gasteiger partial charge on any atom is 0.307 e. The lowest BCUT2D eigenvalue weighted by Gasteiger charge is -2.05. The lowest BCUT2D eigenvalue weighted by Crippen LogP contribution is -2.27. The van der Waals surface area contributed by atoms with Crippen molar-refractivity contribution >= 4 is 11.9 Å². The van der Waals surface area contributed by atoms with Gasteiger partial charge in [-0.3, -0.25) is 19.4 Å². The molecule has 0 unspecified atom stereocenters. The van der Waals surface area contributed by atoms with E-state index >= 15 is 0 Å². The lowest BCUT2D eigenvalue weighted by atomic mass is 10.2. The van der Waals surface area contributed by atoms with Crippen LogP contribution in [-0.4, -0.2) is 35.1 Å². The van der Waals surface area contributed by atoms with E-state index in [-0.39, 0.29) is 25.1 Å². The van der Waals surface area contributed by atoms with Gasteiger partial charge in [0, 0.05) is 18.7 Å². The monoisotopic (exact) mass is 254 g/mol. The van der Waals surface area contributed by atoms with Crippen molar-refractivity contribution in [3.8, 4) is 5.88 Å². The molecule has 1 rings (SSSR count). The normalized spacial score (nSPS) is 9.83. The number of amides is 1. The van der Waals surface area contributed by atoms with E-state index in [2.05, 4.69) is 15.0 Å². The van der Waals surface area contributed by atoms with E-state index in [1.807, 2.05) is 0 Å². The molecule has 0 saturated heterocycles. The maximum atomic E-state index is 11.6. The first kappa shape index (κ1) is 13.8. The SMILES string of the molecule is CCOC(=O)CCNC(=O)c1cc(O)[nH]c(=O)c1. The first-order valence-electron chi connectivity index (χ1n) is 5.40. The van der Waals surface area contributed by atoms with E-state index in [0.29, 0.717) is 0 Å². The number of aromatic nitrogens is 1. The summed E-state index contributed by atoms with van der Waals surface area (Å²) in [6, 6.07) is 2.18. The van der Waals surface area contributed by atoms with Gasteiger partial charge in [0.2, 0.25) is 0 Å². The number of carbonyl (C=O) groups excluding carboxylic acids is 2. The topological polar surface area (TPSA) is 108 Å². The van der Waals surface area contributed by atoms with Gasteiger partial charge in [0.25, 0.3) is 11.5 Å². The van der Waals surface area contributed by atoms with Crippen LogP contribution in [0.3, 0.4) is 0 Å². The molecule has 7 nitrogen and oxygen atoms in total. The second-order valence-corrected chi connectivity index (χ2v) is 3.43. The Hall–Kier alpha value is -2.31. The molecule has 3 N–H and O–H groups in total. The molecular weight excluding hydrogens is 240 g/mol. The largest absolute Gasteiger partial charge is 0.494 e. The average Bonchev–Trinajstić information content (AvgIpc) is 2.27. The van der Waals surface area contributed by atoms with Crippen LogP contribution in [0, 0.1) is 0 Å². The molecule has 0 radical (unpaired) electrons. The number of H-pyrrole nitrogens is 1. The van der Waals surface area contributed by atoms with E-state index in [4.69, 9.17) is 5.11 Å². The summed E-state index contributed by atoms with van der Waals surface area (Å²) in [5.41, 5.74) is -0.550. The van der Waals surface area contributed by atoms with Crippen molar-refractivity contribution in [3.05, 3.63) is 28.0 Å². The van der Waals surface area contributed by atoms with Crippen LogP contribution >= 0.6 is 0 Å². The summed E-state index contributed by atoms with van der Waals surface area (Å²) in [6.45, 7) is 2.08. The fourth-order valence-electron chi connectivity index (χ4n) is 1.27. The maximum absolute atomic E-state index is 11.6. The van der Waals surface area contributed by atoms with E-state index in [1.165, 1.54) is 0 Å². The number of carbonyl (C=O) groups is 2. The smallest absolute Gasteiger partial charge is 0.307 e. The third-order valence-electron chi connectivity index (χ3n) is 2.01. The molecule has 1 amide bonds. The van der Waals surface area contributed by atoms with Crippen molar-refractivity contribution < 1.29 is 19.4 Å². The summed E-state index contributed by atoms with van der Waals surface area (Å²) in [6.07, 6.45) is 0.0504. The van der Waals surface area contributed by atoms with Crippen molar-refractivity contribution in [1.29, 1.82) is 0 Å². The van der Waals surface area contributed by atoms with Crippen LogP contribution in [0.4, 0.5) is 0 Å². The minimum Gasteiger partial charge on any atom is -0.494 e. The highest BCUT2D eigenvalue weighted by atomic mass is 16.5. The highest BCUT2D eigenvalue weighted by molar-refractivity contribution is 5.94. The summed E-state index contributed by atoms with van der Waals surface area (Å²) in [7, 11) is 0. The van der Waals surface area contributed by atoms with Gasteiger partial charge in [0.1, 0.15) is 0 Å². The molecule has 0 bridgehead atoms. The standard InChI is InChI=1S/C11H14N2O5/c1-2-18-10(16)3-4-12-11(17)7-5-8(14)13-9(15)6-7/h5-6H,2-4H2,1H3,(H,12,17)(H2,13,14,15). The first-order chi connectivity index (χ1) is 8.52. The van der Waals surface area contributed by atoms with Gasteiger partial charge in [-0.2, -0.15) is 0 Å². The molecule has 1 aromatic heterocycles. The minimum absolute atomic E-state index is 0.0279. The number of hydrogen-bond donors (Lipinski definition) is 3. The molecular formula is C11H14N2O5. The Balaban J connectivity index is 2.50. The highest BCUT2D eigenvalue weighted by Crippen LogP contribution is 2.03. The molecule has 98 valence electrons. The summed E-state index contributed by atoms with van der Waals surface area (Å²) < 4.78 is 4.68. The summed E-state index contributed by atoms with van der Waals surface area (Å²) in [5.74, 6) is -1.34. The van der Waals surface area contributed by atoms with E-state index in [1.54, 1.807) is 6.92 Å². The number of esters is 1. The Morgan fingerprint density at radius 1 is 1.44 bits per heavy atom. The lowest BCUT2D eigenvalue weighted by molar-refractivity contribution is -0.142. The van der Waals surface area contributed by atoms with E-state index < -0.39 is 23.3 Å². The van der Waals surface area contributed by atoms with Crippen molar-refractivity contribution in [1.82, 2.24) is 10.3 Å². The van der Waals surface area contributed by atoms with Crippen LogP contribution in [0.1, 0.15) is 23.7 Å². The molecule has 7 heteroatoms. The molecule has 18 heavy (non-hydrogen) atoms. The Morgan fingerprint density at radius 3 is 2.78 bits per heavy atom. The Labute approximate surface area is 103 Å². The van der Waals surface area contributed by atoms with Crippen molar-refractivity contribution in [2.75, 3.05) is 13.2 Å². The van der Waals surface area contributed by atoms with E-state index in [0.717, 1.165) is 12.1 Å². The van der Waals surface area contributed by atoms with Gasteiger partial charge >= 0.3 is 5.97 Å². The Bertz CT molecular complexity index is 494. The fourth-order valence-corrected chi connectivity index (χ4v) is 1.27. The van der Waals surface area contributed by atoms with Gasteiger partial charge in [0.15, 0.2) is 5.88 Å². The fraction of sp³-hybridized carbons (Fsp3) is 0.364. The van der Waals surface area contributed by atoms with Crippen molar-refractivity contribution in [2.45, 2.75) is 13.3 Å². The zero-order chi connectivity index (χ0) is 13.5. The number of nitrogens with one attached hydrogen (secondary N) is 2. The van der Waals surface area contributed by atoms with Crippen LogP contribution in [-0.2, 0) is 9.53 Å². The number of ether oxygens (including phenoxy) is 1. The minimum atomic E-state index is -0.578. The number of aromatic amines is 1. The van der Waals surface area contributed by atoms with Crippen LogP contribution in [0.5, 0.6) is 5.88 Å². The third kappa shape index (κ3) is 4.28. The second-order valence-electron chi connectivity index (χ2n) is 3.43. The average molecular weight is 254 g/mol. The molecule has 0 aliphatic rings. The zero-order valence-electron chi connectivity index (χ0n) is 9.86. The van der Waals surface area contributed by atoms with Crippen LogP contribution in [0.2, 0.25) is 0 Å². The number of aromatic hydroxyl groups is 1. The van der Waals surface area contributed by atoms with Gasteiger partial charge in [-0.05, 0) is 6.92 Å². The van der Waals surface area contributed by atoms with Crippen molar-refractivity contribution in [3.63, 3.8) is 0 Å². The van der Waals surface area contributed by atoms with Gasteiger partial charge in [-0.1, -0.05) is 0 Å². The van der Waals surface area contributed by atoms with Gasteiger partial charge in [-0.25, -0.2) is 0 Å². The first-order valence-corrected chi connectivity index (χ1v) is 5.40. The van der Waals surface area contributed by atoms with Gasteiger partial charge in [0.05, 0.1) is 18.6 Å². The third-order valence-corrected chi connectivity index (χ3v) is 2.01. The molecule has 0 fully saturated rings. The predicted octanol–water partition coefficient (Wildman–Crippen LogP) is -0.237. The quantitative estimate of drug-likeness (QED) is 0.628. The Morgan fingerprint density at radius 2 is 2.17 bits per heavy atom. The molecule has 1 heterocycles. The molecule has 0 spiro atoms. The molecule has 0 atom stereocenters. The molecule has 0 aliphatic heterocycles. The highest BCUT2D eigenvalue weighted by Gasteiger charge is 2.09. The van der Waals surface area contributed by atoms with Crippen LogP contribution in [0.25, 0.3) is 0 Å². The summed E-state index contributed by atoms with van der Waals surface area (Å²) in [4.78, 5) is 35.7. The van der Waals surface area contributed by atoms with Crippen LogP contribution in [0.15, 0.2) is 16.9 Å². The summed E-state index contributed by atoms with van der Waals surface area (Å²) >= 11 is 0.